The highest BCUT2D eigenvalue weighted by Crippen LogP contribution is 2.19. The number of hydrogen-bond acceptors (Lipinski definition) is 0. The first kappa shape index (κ1) is 10.3. The number of hydrogen-bond donors (Lipinski definition) is 0. The van der Waals surface area contributed by atoms with E-state index < -0.39 is 0 Å². The van der Waals surface area contributed by atoms with Gasteiger partial charge in [0.15, 0.2) is 6.20 Å². The summed E-state index contributed by atoms with van der Waals surface area (Å²) >= 11 is 0. The predicted octanol–water partition coefficient (Wildman–Crippen LogP) is 2.69. The molecule has 1 aliphatic heterocycles. The Bertz CT molecular complexity index is 618. The minimum atomic E-state index is 0.900. The number of rotatable bonds is 0. The van der Waals surface area contributed by atoms with Crippen molar-refractivity contribution >= 4 is 12.2 Å². The Morgan fingerprint density at radius 1 is 1.12 bits per heavy atom. The van der Waals surface area contributed by atoms with Crippen LogP contribution in [0.4, 0.5) is 0 Å². The van der Waals surface area contributed by atoms with Crippen LogP contribution in [0.25, 0.3) is 12.2 Å². The van der Waals surface area contributed by atoms with E-state index in [1.165, 1.54) is 28.2 Å². The van der Waals surface area contributed by atoms with Crippen LogP contribution in [0.15, 0.2) is 24.4 Å². The summed E-state index contributed by atoms with van der Waals surface area (Å²) in [6.07, 6.45) is 6.60. The summed E-state index contributed by atoms with van der Waals surface area (Å²) < 4.78 is 4.64. The molecule has 0 radical (unpaired) electrons. The predicted molar refractivity (Wildman–Crippen MR) is 69.6 cm³/mol. The molecule has 0 saturated carbocycles. The summed E-state index contributed by atoms with van der Waals surface area (Å²) in [6, 6.07) is 6.64. The van der Waals surface area contributed by atoms with Gasteiger partial charge in [-0.3, -0.25) is 4.57 Å². The summed E-state index contributed by atoms with van der Waals surface area (Å²) in [4.78, 5) is 0. The van der Waals surface area contributed by atoms with Gasteiger partial charge in [0.25, 0.3) is 0 Å². The molecule has 0 spiro atoms. The fraction of sp³-hybridized carbons (Fsp3) is 0.267. The minimum Gasteiger partial charge on any atom is -0.290 e. The van der Waals surface area contributed by atoms with Crippen LogP contribution in [0.1, 0.15) is 28.2 Å². The monoisotopic (exact) mass is 225 g/mol. The van der Waals surface area contributed by atoms with Crippen LogP contribution in [0.5, 0.6) is 0 Å². The third-order valence-electron chi connectivity index (χ3n) is 3.48. The van der Waals surface area contributed by atoms with Gasteiger partial charge in [-0.15, -0.1) is 0 Å². The Balaban J connectivity index is 2.20. The highest BCUT2D eigenvalue weighted by atomic mass is 15.2. The highest BCUT2D eigenvalue weighted by Gasteiger charge is 2.17. The van der Waals surface area contributed by atoms with Gasteiger partial charge in [-0.25, -0.2) is 0 Å². The average Bonchev–Trinajstić information content (AvgIpc) is 2.49. The van der Waals surface area contributed by atoms with E-state index in [-0.39, 0.29) is 0 Å². The van der Waals surface area contributed by atoms with E-state index in [4.69, 9.17) is 0 Å². The fourth-order valence-corrected chi connectivity index (χ4v) is 2.52. The van der Waals surface area contributed by atoms with Gasteiger partial charge in [0.2, 0.25) is 12.4 Å². The summed E-state index contributed by atoms with van der Waals surface area (Å²) in [5.41, 5.74) is 6.57. The maximum Gasteiger partial charge on any atom is 0.228 e. The van der Waals surface area contributed by atoms with Crippen LogP contribution in [-0.2, 0) is 6.67 Å². The van der Waals surface area contributed by atoms with Crippen LogP contribution in [0.3, 0.4) is 0 Å². The molecule has 0 amide bonds. The highest BCUT2D eigenvalue weighted by molar-refractivity contribution is 5.68. The number of pyridine rings is 1. The van der Waals surface area contributed by atoms with Crippen molar-refractivity contribution in [2.24, 2.45) is 0 Å². The minimum absolute atomic E-state index is 0.900. The largest absolute Gasteiger partial charge is 0.290 e. The van der Waals surface area contributed by atoms with Crippen LogP contribution in [0, 0.1) is 20.8 Å². The number of aromatic nitrogens is 2. The molecule has 3 rings (SSSR count). The molecule has 86 valence electrons. The third kappa shape index (κ3) is 1.60. The van der Waals surface area contributed by atoms with Crippen molar-refractivity contribution in [2.45, 2.75) is 27.4 Å². The molecule has 0 bridgehead atoms. The standard InChI is InChI=1S/C15H17N2/c1-11-6-7-16-10-17-13(3)9-12(2)15(17)5-4-14(16)8-11/h4-9H,10H2,1-3H3/q+1. The lowest BCUT2D eigenvalue weighted by Gasteiger charge is -2.05. The van der Waals surface area contributed by atoms with Crippen molar-refractivity contribution in [1.82, 2.24) is 4.57 Å². The fourth-order valence-electron chi connectivity index (χ4n) is 2.52. The van der Waals surface area contributed by atoms with Crippen molar-refractivity contribution in [3.05, 3.63) is 52.6 Å². The van der Waals surface area contributed by atoms with E-state index in [9.17, 15) is 0 Å². The van der Waals surface area contributed by atoms with Crippen molar-refractivity contribution in [3.8, 4) is 0 Å². The third-order valence-corrected chi connectivity index (χ3v) is 3.48. The molecular formula is C15H17N2+. The Morgan fingerprint density at radius 2 is 1.94 bits per heavy atom. The molecule has 0 N–H and O–H groups in total. The topological polar surface area (TPSA) is 8.81 Å². The van der Waals surface area contributed by atoms with Gasteiger partial charge >= 0.3 is 0 Å². The SMILES string of the molecule is Cc1cc[n+]2c(c1)C=Cc1c(C)cc(C)n1C2. The molecule has 2 aromatic rings. The van der Waals surface area contributed by atoms with Gasteiger partial charge in [-0.05, 0) is 44.0 Å². The lowest BCUT2D eigenvalue weighted by molar-refractivity contribution is -0.703. The number of nitrogens with zero attached hydrogens (tertiary/aromatic N) is 2. The first-order valence-corrected chi connectivity index (χ1v) is 6.00. The van der Waals surface area contributed by atoms with Crippen LogP contribution in [-0.4, -0.2) is 4.57 Å². The van der Waals surface area contributed by atoms with E-state index in [2.05, 4.69) is 66.5 Å². The zero-order chi connectivity index (χ0) is 12.0. The molecule has 0 aromatic carbocycles. The smallest absolute Gasteiger partial charge is 0.228 e. The quantitative estimate of drug-likeness (QED) is 0.520. The van der Waals surface area contributed by atoms with Crippen LogP contribution in [0.2, 0.25) is 0 Å². The maximum absolute atomic E-state index is 2.36. The molecule has 2 aromatic heterocycles. The zero-order valence-corrected chi connectivity index (χ0v) is 10.6. The summed E-state index contributed by atoms with van der Waals surface area (Å²) in [5, 5.41) is 0. The molecule has 0 saturated heterocycles. The van der Waals surface area contributed by atoms with E-state index in [0.717, 1.165) is 6.67 Å². The lowest BCUT2D eigenvalue weighted by atomic mass is 10.2. The first-order valence-electron chi connectivity index (χ1n) is 6.00. The lowest BCUT2D eigenvalue weighted by Crippen LogP contribution is -2.39. The van der Waals surface area contributed by atoms with Gasteiger partial charge in [-0.2, -0.15) is 4.57 Å². The van der Waals surface area contributed by atoms with Gasteiger partial charge in [0, 0.05) is 29.6 Å². The average molecular weight is 225 g/mol. The van der Waals surface area contributed by atoms with Gasteiger partial charge < -0.3 is 0 Å². The molecule has 17 heavy (non-hydrogen) atoms. The van der Waals surface area contributed by atoms with E-state index >= 15 is 0 Å². The van der Waals surface area contributed by atoms with E-state index in [1.807, 2.05) is 0 Å². The van der Waals surface area contributed by atoms with Gasteiger partial charge in [0.05, 0.1) is 0 Å². The molecule has 0 unspecified atom stereocenters. The van der Waals surface area contributed by atoms with Gasteiger partial charge in [-0.1, -0.05) is 0 Å². The molecule has 1 aliphatic rings. The Morgan fingerprint density at radius 3 is 2.76 bits per heavy atom. The summed E-state index contributed by atoms with van der Waals surface area (Å²) in [7, 11) is 0. The van der Waals surface area contributed by atoms with Gasteiger partial charge in [0.1, 0.15) is 0 Å². The Kier molecular flexibility index (Phi) is 2.18. The molecule has 0 aliphatic carbocycles. The molecule has 0 fully saturated rings. The van der Waals surface area contributed by atoms with E-state index in [1.54, 1.807) is 0 Å². The molecule has 3 heterocycles. The normalized spacial score (nSPS) is 13.1. The second-order valence-electron chi connectivity index (χ2n) is 4.86. The summed E-state index contributed by atoms with van der Waals surface area (Å²) in [6.45, 7) is 7.38. The van der Waals surface area contributed by atoms with Crippen molar-refractivity contribution in [2.75, 3.05) is 0 Å². The second kappa shape index (κ2) is 3.59. The molecular weight excluding hydrogens is 208 g/mol. The number of aryl methyl sites for hydroxylation is 3. The zero-order valence-electron chi connectivity index (χ0n) is 10.6. The molecule has 2 nitrogen and oxygen atoms in total. The molecule has 0 atom stereocenters. The van der Waals surface area contributed by atoms with Crippen molar-refractivity contribution < 1.29 is 4.57 Å². The van der Waals surface area contributed by atoms with Crippen molar-refractivity contribution in [3.63, 3.8) is 0 Å². The first-order chi connectivity index (χ1) is 8.15. The second-order valence-corrected chi connectivity index (χ2v) is 4.86. The van der Waals surface area contributed by atoms with Crippen LogP contribution >= 0.6 is 0 Å². The van der Waals surface area contributed by atoms with Crippen LogP contribution < -0.4 is 4.57 Å². The Labute approximate surface area is 102 Å². The van der Waals surface area contributed by atoms with Crippen molar-refractivity contribution in [1.29, 1.82) is 0 Å². The number of fused-ring (bicyclic) bond motifs is 2. The Hall–Kier alpha value is -1.83. The summed E-state index contributed by atoms with van der Waals surface area (Å²) in [5.74, 6) is 0. The maximum atomic E-state index is 2.36. The molecule has 2 heteroatoms. The van der Waals surface area contributed by atoms with E-state index in [0.29, 0.717) is 0 Å².